The van der Waals surface area contributed by atoms with Crippen LogP contribution >= 0.6 is 16.5 Å². The number of hydrogen-bond acceptors (Lipinski definition) is 0. The normalized spacial score (nSPS) is 28.4. The van der Waals surface area contributed by atoms with Gasteiger partial charge in [-0.15, -0.1) is 0 Å². The van der Waals surface area contributed by atoms with Crippen LogP contribution in [-0.4, -0.2) is 29.2 Å². The van der Waals surface area contributed by atoms with E-state index in [-0.39, 0.29) is 0 Å². The van der Waals surface area contributed by atoms with Crippen LogP contribution in [0.15, 0.2) is 11.5 Å². The van der Waals surface area contributed by atoms with Gasteiger partial charge in [0.15, 0.2) is 0 Å². The van der Waals surface area contributed by atoms with Crippen LogP contribution in [0.1, 0.15) is 0 Å². The van der Waals surface area contributed by atoms with Gasteiger partial charge in [0, 0.05) is 5.75 Å². The molecule has 0 fully saturated rings. The van der Waals surface area contributed by atoms with E-state index < -0.39 is 16.5 Å². The zero-order chi connectivity index (χ0) is 7.12. The van der Waals surface area contributed by atoms with Crippen LogP contribution in [0.3, 0.4) is 0 Å². The van der Waals surface area contributed by atoms with E-state index in [0.717, 1.165) is 5.75 Å². The van der Waals surface area contributed by atoms with Gasteiger partial charge in [-0.05, 0) is 5.41 Å². The third-order valence-corrected chi connectivity index (χ3v) is 9.31. The van der Waals surface area contributed by atoms with Crippen molar-refractivity contribution in [2.45, 2.75) is 0 Å². The first-order valence-corrected chi connectivity index (χ1v) is 7.28. The summed E-state index contributed by atoms with van der Waals surface area (Å²) < 4.78 is 0. The minimum Gasteiger partial charge on any atom is -0.170 e. The van der Waals surface area contributed by atoms with Crippen molar-refractivity contribution in [3.05, 3.63) is 11.5 Å². The summed E-state index contributed by atoms with van der Waals surface area (Å²) in [4.78, 5) is 0. The zero-order valence-electron chi connectivity index (χ0n) is 5.51. The maximum atomic E-state index is 4.04. The van der Waals surface area contributed by atoms with E-state index in [4.69, 9.17) is 0 Å². The second-order valence-electron chi connectivity index (χ2n) is 2.37. The Labute approximate surface area is 57.6 Å². The molecule has 0 N–H and O–H groups in total. The summed E-state index contributed by atoms with van der Waals surface area (Å²) in [6, 6.07) is 0. The molecule has 0 saturated heterocycles. The molecule has 0 aromatic heterocycles. The molecule has 1 aliphatic rings. The quantitative estimate of drug-likeness (QED) is 0.374. The van der Waals surface area contributed by atoms with Crippen molar-refractivity contribution in [3.8, 4) is 0 Å². The number of hydrogen-bond donors (Lipinski definition) is 0. The van der Waals surface area contributed by atoms with Crippen LogP contribution in [0.2, 0.25) is 0 Å². The van der Waals surface area contributed by atoms with Crippen LogP contribution in [-0.2, 0) is 0 Å². The molecule has 0 aliphatic carbocycles. The highest BCUT2D eigenvalue weighted by Gasteiger charge is 2.05. The van der Waals surface area contributed by atoms with Crippen molar-refractivity contribution in [2.24, 2.45) is 0 Å². The summed E-state index contributed by atoms with van der Waals surface area (Å²) in [5.41, 5.74) is 0. The summed E-state index contributed by atoms with van der Waals surface area (Å²) >= 11 is 0. The molecule has 1 rings (SSSR count). The van der Waals surface area contributed by atoms with Gasteiger partial charge in [0.05, 0.1) is 0 Å². The highest BCUT2D eigenvalue weighted by atomic mass is 33.2. The van der Waals surface area contributed by atoms with Crippen LogP contribution in [0.25, 0.3) is 0 Å². The lowest BCUT2D eigenvalue weighted by atomic mass is 10.8. The van der Waals surface area contributed by atoms with Gasteiger partial charge < -0.3 is 0 Å². The summed E-state index contributed by atoms with van der Waals surface area (Å²) in [6.45, 7) is 0. The van der Waals surface area contributed by atoms with E-state index in [1.807, 2.05) is 0 Å². The van der Waals surface area contributed by atoms with Crippen molar-refractivity contribution < 1.29 is 0 Å². The molecule has 9 heavy (non-hydrogen) atoms. The molecule has 1 aliphatic heterocycles. The fraction of sp³-hybridized carbons (Fsp3) is 0.143. The second-order valence-corrected chi connectivity index (χ2v) is 10.8. The van der Waals surface area contributed by atoms with Crippen molar-refractivity contribution in [2.75, 3.05) is 5.75 Å². The minimum absolute atomic E-state index is 0.975. The molecule has 0 saturated carbocycles. The Morgan fingerprint density at radius 2 is 1.67 bits per heavy atom. The fourth-order valence-electron chi connectivity index (χ4n) is 0.643. The first-order valence-electron chi connectivity index (χ1n) is 2.59. The van der Waals surface area contributed by atoms with Gasteiger partial charge in [-0.25, -0.2) is 0 Å². The molecular weight excluding hydrogens is 148 g/mol. The van der Waals surface area contributed by atoms with Gasteiger partial charge in [-0.3, -0.25) is 0 Å². The van der Waals surface area contributed by atoms with Gasteiger partial charge >= 0.3 is 0 Å². The Morgan fingerprint density at radius 1 is 1.11 bits per heavy atom. The fourth-order valence-corrected chi connectivity index (χ4v) is 4.16. The Hall–Kier alpha value is -0.0800. The average molecular weight is 160 g/mol. The van der Waals surface area contributed by atoms with Gasteiger partial charge in [0.1, 0.15) is 0 Å². The standard InChI is InChI=1S/C7H12S2/c1-8(2)6-5-7-9(8,3)4/h5-6H,1-4,7H2. The van der Waals surface area contributed by atoms with Gasteiger partial charge in [-0.2, -0.15) is 16.5 Å². The van der Waals surface area contributed by atoms with Crippen LogP contribution in [0, 0.1) is 0 Å². The second kappa shape index (κ2) is 1.70. The van der Waals surface area contributed by atoms with E-state index in [1.54, 1.807) is 0 Å². The lowest BCUT2D eigenvalue weighted by molar-refractivity contribution is 1.84. The molecule has 1 heterocycles. The molecule has 0 unspecified atom stereocenters. The van der Waals surface area contributed by atoms with Crippen molar-refractivity contribution in [3.63, 3.8) is 0 Å². The van der Waals surface area contributed by atoms with Crippen molar-refractivity contribution in [1.82, 2.24) is 0 Å². The van der Waals surface area contributed by atoms with Gasteiger partial charge in [0.25, 0.3) is 0 Å². The summed E-state index contributed by atoms with van der Waals surface area (Å²) in [7, 11) is -2.02. The lowest BCUT2D eigenvalue weighted by Gasteiger charge is -2.13. The minimum atomic E-state index is -1.04. The zero-order valence-corrected chi connectivity index (χ0v) is 7.14. The SMILES string of the molecule is C=S1(=C)C=CCS1(=C)=C. The smallest absolute Gasteiger partial charge is 0.0101 e. The largest absolute Gasteiger partial charge is 0.170 e. The predicted octanol–water partition coefficient (Wildman–Crippen LogP) is 1.77. The van der Waals surface area contributed by atoms with E-state index in [1.165, 1.54) is 0 Å². The van der Waals surface area contributed by atoms with Crippen LogP contribution < -0.4 is 0 Å². The number of rotatable bonds is 0. The molecule has 0 nitrogen and oxygen atoms in total. The maximum absolute atomic E-state index is 4.04. The molecule has 52 valence electrons. The summed E-state index contributed by atoms with van der Waals surface area (Å²) in [5, 5.41) is 2.10. The molecule has 0 spiro atoms. The summed E-state index contributed by atoms with van der Waals surface area (Å²) in [6.07, 6.45) is 2.12. The Morgan fingerprint density at radius 3 is 1.78 bits per heavy atom. The Kier molecular flexibility index (Phi) is 1.33. The maximum Gasteiger partial charge on any atom is 0.0101 e. The Balaban J connectivity index is 3.50. The molecule has 2 heteroatoms. The van der Waals surface area contributed by atoms with Crippen molar-refractivity contribution >= 4 is 40.0 Å². The third kappa shape index (κ3) is 0.970. The molecule has 0 radical (unpaired) electrons. The molecule has 0 aromatic carbocycles. The molecule has 0 aromatic rings. The van der Waals surface area contributed by atoms with Crippen molar-refractivity contribution in [1.29, 1.82) is 0 Å². The topological polar surface area (TPSA) is 0 Å². The average Bonchev–Trinajstić information content (AvgIpc) is 1.81. The highest BCUT2D eigenvalue weighted by molar-refractivity contribution is 9.02. The van der Waals surface area contributed by atoms with Crippen LogP contribution in [0.5, 0.6) is 0 Å². The molecular formula is C7H12S2. The monoisotopic (exact) mass is 160 g/mol. The van der Waals surface area contributed by atoms with E-state index in [2.05, 4.69) is 35.0 Å². The van der Waals surface area contributed by atoms with E-state index in [9.17, 15) is 0 Å². The van der Waals surface area contributed by atoms with Gasteiger partial charge in [0.2, 0.25) is 0 Å². The third-order valence-electron chi connectivity index (χ3n) is 1.45. The first-order chi connectivity index (χ1) is 3.96. The lowest BCUT2D eigenvalue weighted by Crippen LogP contribution is -1.72. The van der Waals surface area contributed by atoms with E-state index >= 15 is 0 Å². The molecule has 0 amide bonds. The Bertz CT molecular complexity index is 323. The molecule has 0 bridgehead atoms. The summed E-state index contributed by atoms with van der Waals surface area (Å²) in [5.74, 6) is 17.1. The van der Waals surface area contributed by atoms with E-state index in [0.29, 0.717) is 0 Å². The van der Waals surface area contributed by atoms with Crippen LogP contribution in [0.4, 0.5) is 0 Å². The predicted molar refractivity (Wildman–Crippen MR) is 57.7 cm³/mol. The molecule has 0 atom stereocenters. The van der Waals surface area contributed by atoms with Gasteiger partial charge in [-0.1, -0.05) is 29.6 Å². The highest BCUT2D eigenvalue weighted by Crippen LogP contribution is 2.53. The first kappa shape index (κ1) is 7.03.